The van der Waals surface area contributed by atoms with Gasteiger partial charge in [-0.15, -0.1) is 24.0 Å². The molecule has 26 heavy (non-hydrogen) atoms. The number of halogens is 2. The molecule has 0 unspecified atom stereocenters. The van der Waals surface area contributed by atoms with Crippen LogP contribution in [0.4, 0.5) is 4.39 Å². The Morgan fingerprint density at radius 1 is 0.962 bits per heavy atom. The zero-order valence-corrected chi connectivity index (χ0v) is 18.2. The van der Waals surface area contributed by atoms with E-state index in [4.69, 9.17) is 0 Å². The fraction of sp³-hybridized carbons (Fsp3) is 0.350. The SMILES string of the molecule is CN=C(NCc1cccc(CN(C)C)c1)N(C)Cc1ccc(F)cc1.I. The minimum atomic E-state index is -0.216. The smallest absolute Gasteiger partial charge is 0.193 e. The first-order chi connectivity index (χ1) is 12.0. The molecule has 2 aromatic carbocycles. The molecule has 0 aliphatic rings. The van der Waals surface area contributed by atoms with Gasteiger partial charge in [-0.3, -0.25) is 4.99 Å². The van der Waals surface area contributed by atoms with Crippen molar-refractivity contribution in [3.8, 4) is 0 Å². The summed E-state index contributed by atoms with van der Waals surface area (Å²) in [5.41, 5.74) is 3.55. The molecule has 142 valence electrons. The monoisotopic (exact) mass is 470 g/mol. The van der Waals surface area contributed by atoms with Crippen LogP contribution in [-0.2, 0) is 19.6 Å². The average Bonchev–Trinajstić information content (AvgIpc) is 2.57. The van der Waals surface area contributed by atoms with Crippen molar-refractivity contribution >= 4 is 29.9 Å². The molecule has 0 aliphatic heterocycles. The van der Waals surface area contributed by atoms with E-state index in [1.165, 1.54) is 23.3 Å². The number of nitrogens with zero attached hydrogens (tertiary/aromatic N) is 3. The van der Waals surface area contributed by atoms with Crippen LogP contribution in [0, 0.1) is 5.82 Å². The van der Waals surface area contributed by atoms with Gasteiger partial charge in [-0.2, -0.15) is 0 Å². The third kappa shape index (κ3) is 7.29. The lowest BCUT2D eigenvalue weighted by molar-refractivity contribution is 0.402. The Morgan fingerprint density at radius 3 is 2.23 bits per heavy atom. The summed E-state index contributed by atoms with van der Waals surface area (Å²) in [4.78, 5) is 8.52. The first-order valence-electron chi connectivity index (χ1n) is 8.36. The van der Waals surface area contributed by atoms with E-state index in [0.29, 0.717) is 13.1 Å². The van der Waals surface area contributed by atoms with Crippen LogP contribution in [0.3, 0.4) is 0 Å². The van der Waals surface area contributed by atoms with Crippen molar-refractivity contribution < 1.29 is 4.39 Å². The van der Waals surface area contributed by atoms with Crippen molar-refractivity contribution in [3.05, 3.63) is 71.0 Å². The number of guanidine groups is 1. The van der Waals surface area contributed by atoms with Gasteiger partial charge in [0.15, 0.2) is 5.96 Å². The minimum Gasteiger partial charge on any atom is -0.352 e. The normalized spacial score (nSPS) is 11.2. The lowest BCUT2D eigenvalue weighted by Gasteiger charge is -2.22. The first kappa shape index (κ1) is 22.4. The van der Waals surface area contributed by atoms with E-state index in [0.717, 1.165) is 18.1 Å². The zero-order chi connectivity index (χ0) is 18.2. The highest BCUT2D eigenvalue weighted by Crippen LogP contribution is 2.08. The van der Waals surface area contributed by atoms with Crippen LogP contribution in [-0.4, -0.2) is 44.0 Å². The van der Waals surface area contributed by atoms with Crippen molar-refractivity contribution in [2.24, 2.45) is 4.99 Å². The molecule has 0 radical (unpaired) electrons. The lowest BCUT2D eigenvalue weighted by atomic mass is 10.1. The lowest BCUT2D eigenvalue weighted by Crippen LogP contribution is -2.38. The Hall–Kier alpha value is -1.67. The quantitative estimate of drug-likeness (QED) is 0.397. The molecule has 0 amide bonds. The van der Waals surface area contributed by atoms with Gasteiger partial charge in [-0.1, -0.05) is 36.4 Å². The van der Waals surface area contributed by atoms with Gasteiger partial charge in [0.05, 0.1) is 0 Å². The van der Waals surface area contributed by atoms with Gasteiger partial charge >= 0.3 is 0 Å². The highest BCUT2D eigenvalue weighted by Gasteiger charge is 2.07. The molecule has 0 bridgehead atoms. The zero-order valence-electron chi connectivity index (χ0n) is 15.9. The molecule has 0 saturated carbocycles. The molecule has 6 heteroatoms. The van der Waals surface area contributed by atoms with Crippen LogP contribution in [0.25, 0.3) is 0 Å². The molecular weight excluding hydrogens is 442 g/mol. The Morgan fingerprint density at radius 2 is 1.62 bits per heavy atom. The van der Waals surface area contributed by atoms with Crippen LogP contribution in [0.2, 0.25) is 0 Å². The van der Waals surface area contributed by atoms with Gasteiger partial charge in [0.1, 0.15) is 5.82 Å². The average molecular weight is 470 g/mol. The summed E-state index contributed by atoms with van der Waals surface area (Å²) in [5.74, 6) is 0.592. The summed E-state index contributed by atoms with van der Waals surface area (Å²) in [5, 5.41) is 3.39. The Kier molecular flexibility index (Phi) is 9.58. The largest absolute Gasteiger partial charge is 0.352 e. The molecule has 0 atom stereocenters. The van der Waals surface area contributed by atoms with Crippen LogP contribution in [0.15, 0.2) is 53.5 Å². The van der Waals surface area contributed by atoms with E-state index in [1.807, 2.05) is 11.9 Å². The molecule has 0 aromatic heterocycles. The molecule has 0 heterocycles. The van der Waals surface area contributed by atoms with Crippen molar-refractivity contribution in [2.45, 2.75) is 19.6 Å². The first-order valence-corrected chi connectivity index (χ1v) is 8.36. The Bertz CT molecular complexity index is 701. The Labute approximate surface area is 173 Å². The van der Waals surface area contributed by atoms with Gasteiger partial charge in [-0.25, -0.2) is 4.39 Å². The maximum absolute atomic E-state index is 13.0. The molecule has 0 spiro atoms. The maximum Gasteiger partial charge on any atom is 0.193 e. The molecule has 4 nitrogen and oxygen atoms in total. The highest BCUT2D eigenvalue weighted by atomic mass is 127. The molecule has 0 saturated heterocycles. The summed E-state index contributed by atoms with van der Waals surface area (Å²) in [6.07, 6.45) is 0. The van der Waals surface area contributed by atoms with Crippen LogP contribution < -0.4 is 5.32 Å². The second-order valence-electron chi connectivity index (χ2n) is 6.44. The summed E-state index contributed by atoms with van der Waals surface area (Å²) in [6.45, 7) is 2.30. The van der Waals surface area contributed by atoms with Gasteiger partial charge in [0, 0.05) is 33.7 Å². The van der Waals surface area contributed by atoms with Crippen molar-refractivity contribution in [3.63, 3.8) is 0 Å². The third-order valence-electron chi connectivity index (χ3n) is 3.85. The van der Waals surface area contributed by atoms with Crippen molar-refractivity contribution in [2.75, 3.05) is 28.2 Å². The van der Waals surface area contributed by atoms with E-state index in [1.54, 1.807) is 19.2 Å². The van der Waals surface area contributed by atoms with Crippen molar-refractivity contribution in [1.29, 1.82) is 0 Å². The minimum absolute atomic E-state index is 0. The van der Waals surface area contributed by atoms with Crippen LogP contribution >= 0.6 is 24.0 Å². The molecular formula is C20H28FIN4. The van der Waals surface area contributed by atoms with Gasteiger partial charge in [0.25, 0.3) is 0 Å². The van der Waals surface area contributed by atoms with Gasteiger partial charge in [-0.05, 0) is 42.9 Å². The van der Waals surface area contributed by atoms with E-state index >= 15 is 0 Å². The maximum atomic E-state index is 13.0. The van der Waals surface area contributed by atoms with Crippen LogP contribution in [0.1, 0.15) is 16.7 Å². The molecule has 2 aromatic rings. The number of hydrogen-bond donors (Lipinski definition) is 1. The highest BCUT2D eigenvalue weighted by molar-refractivity contribution is 14.0. The second-order valence-corrected chi connectivity index (χ2v) is 6.44. The number of aliphatic imine (C=N–C) groups is 1. The predicted octanol–water partition coefficient (Wildman–Crippen LogP) is 3.71. The standard InChI is InChI=1S/C20H27FN4.HI/c1-22-20(25(4)15-16-8-10-19(21)11-9-16)23-13-17-6-5-7-18(12-17)14-24(2)3;/h5-12H,13-15H2,1-4H3,(H,22,23);1H. The van der Waals surface area contributed by atoms with Gasteiger partial charge < -0.3 is 15.1 Å². The fourth-order valence-electron chi connectivity index (χ4n) is 2.71. The number of hydrogen-bond acceptors (Lipinski definition) is 2. The number of benzene rings is 2. The van der Waals surface area contributed by atoms with Crippen molar-refractivity contribution in [1.82, 2.24) is 15.1 Å². The Balaban J connectivity index is 0.00000338. The predicted molar refractivity (Wildman–Crippen MR) is 117 cm³/mol. The van der Waals surface area contributed by atoms with E-state index in [-0.39, 0.29) is 29.8 Å². The molecule has 1 N–H and O–H groups in total. The molecule has 2 rings (SSSR count). The van der Waals surface area contributed by atoms with Crippen LogP contribution in [0.5, 0.6) is 0 Å². The summed E-state index contributed by atoms with van der Waals surface area (Å²) in [6, 6.07) is 15.1. The summed E-state index contributed by atoms with van der Waals surface area (Å²) < 4.78 is 13.0. The van der Waals surface area contributed by atoms with E-state index in [2.05, 4.69) is 53.6 Å². The summed E-state index contributed by atoms with van der Waals surface area (Å²) in [7, 11) is 7.88. The van der Waals surface area contributed by atoms with Gasteiger partial charge in [0.2, 0.25) is 0 Å². The number of rotatable bonds is 6. The molecule has 0 fully saturated rings. The third-order valence-corrected chi connectivity index (χ3v) is 3.85. The molecule has 0 aliphatic carbocycles. The summed E-state index contributed by atoms with van der Waals surface area (Å²) >= 11 is 0. The van der Waals surface area contributed by atoms with E-state index < -0.39 is 0 Å². The number of nitrogens with one attached hydrogen (secondary N) is 1. The second kappa shape index (κ2) is 11.1. The van der Waals surface area contributed by atoms with E-state index in [9.17, 15) is 4.39 Å². The topological polar surface area (TPSA) is 30.9 Å². The fourth-order valence-corrected chi connectivity index (χ4v) is 2.71.